The molecule has 1 rings (SSSR count). The summed E-state index contributed by atoms with van der Waals surface area (Å²) in [5, 5.41) is 8.41. The molecule has 0 aliphatic heterocycles. The minimum atomic E-state index is -2.43. The van der Waals surface area contributed by atoms with Crippen molar-refractivity contribution in [3.05, 3.63) is 34.6 Å². The molecule has 9 heteroatoms. The average Bonchev–Trinajstić information content (AvgIpc) is 2.32. The highest BCUT2D eigenvalue weighted by atomic mass is 79.9. The molecule has 1 N–H and O–H groups in total. The van der Waals surface area contributed by atoms with E-state index >= 15 is 0 Å². The van der Waals surface area contributed by atoms with E-state index in [0.29, 0.717) is 0 Å². The third-order valence-electron chi connectivity index (χ3n) is 1.90. The van der Waals surface area contributed by atoms with Gasteiger partial charge in [0.1, 0.15) is 0 Å². The second-order valence-corrected chi connectivity index (χ2v) is 3.93. The second kappa shape index (κ2) is 5.01. The normalized spacial score (nSPS) is 12.3. The van der Waals surface area contributed by atoms with Crippen LogP contribution in [0, 0.1) is 29.1 Å². The molecule has 1 atom stereocenters. The van der Waals surface area contributed by atoms with Gasteiger partial charge >= 0.3 is 5.97 Å². The molecule has 0 heterocycles. The van der Waals surface area contributed by atoms with E-state index < -0.39 is 51.2 Å². The zero-order chi connectivity index (χ0) is 14.2. The first kappa shape index (κ1) is 14.6. The van der Waals surface area contributed by atoms with Crippen LogP contribution in [0.3, 0.4) is 0 Å². The Morgan fingerprint density at radius 3 is 1.56 bits per heavy atom. The number of alkyl halides is 1. The van der Waals surface area contributed by atoms with Gasteiger partial charge in [-0.2, -0.15) is 0 Å². The van der Waals surface area contributed by atoms with Crippen molar-refractivity contribution in [2.24, 2.45) is 0 Å². The monoisotopic (exact) mass is 332 g/mol. The number of benzene rings is 1. The number of hydrogen-bond acceptors (Lipinski definition) is 2. The fraction of sp³-hybridized carbons (Fsp3) is 0.111. The molecule has 0 amide bonds. The second-order valence-electron chi connectivity index (χ2n) is 3.01. The highest BCUT2D eigenvalue weighted by Gasteiger charge is 2.34. The van der Waals surface area contributed by atoms with E-state index in [1.165, 1.54) is 0 Å². The van der Waals surface area contributed by atoms with Crippen molar-refractivity contribution in [2.45, 2.75) is 4.83 Å². The van der Waals surface area contributed by atoms with Crippen molar-refractivity contribution >= 4 is 27.7 Å². The largest absolute Gasteiger partial charge is 0.480 e. The summed E-state index contributed by atoms with van der Waals surface area (Å²) in [4.78, 5) is 19.6. The standard InChI is InChI=1S/C9H2BrF5O3/c10-2(9(17)18)8(16)1-3(11)5(13)7(15)6(14)4(1)12/h2H,(H,17,18). The molecule has 0 fully saturated rings. The number of aliphatic carboxylic acids is 1. The molecule has 98 valence electrons. The van der Waals surface area contributed by atoms with E-state index in [1.807, 2.05) is 0 Å². The molecule has 0 saturated heterocycles. The van der Waals surface area contributed by atoms with Gasteiger partial charge in [0.05, 0.1) is 5.56 Å². The molecule has 0 aliphatic rings. The van der Waals surface area contributed by atoms with Crippen molar-refractivity contribution < 1.29 is 36.6 Å². The van der Waals surface area contributed by atoms with E-state index in [9.17, 15) is 31.5 Å². The Bertz CT molecular complexity index is 516. The van der Waals surface area contributed by atoms with Crippen molar-refractivity contribution in [3.8, 4) is 0 Å². The number of carbonyl (C=O) groups excluding carboxylic acids is 1. The summed E-state index contributed by atoms with van der Waals surface area (Å²) in [5.74, 6) is -15.4. The Hall–Kier alpha value is -1.51. The summed E-state index contributed by atoms with van der Waals surface area (Å²) in [6.07, 6.45) is 0. The molecular weight excluding hydrogens is 331 g/mol. The molecule has 0 saturated carbocycles. The minimum Gasteiger partial charge on any atom is -0.480 e. The van der Waals surface area contributed by atoms with Crippen molar-refractivity contribution in [1.82, 2.24) is 0 Å². The van der Waals surface area contributed by atoms with Gasteiger partial charge in [-0.25, -0.2) is 22.0 Å². The Morgan fingerprint density at radius 2 is 1.22 bits per heavy atom. The van der Waals surface area contributed by atoms with Crippen LogP contribution in [0.25, 0.3) is 0 Å². The lowest BCUT2D eigenvalue weighted by Crippen LogP contribution is -2.27. The van der Waals surface area contributed by atoms with Crippen molar-refractivity contribution in [1.29, 1.82) is 0 Å². The van der Waals surface area contributed by atoms with Crippen LogP contribution in [-0.4, -0.2) is 21.7 Å². The van der Waals surface area contributed by atoms with Gasteiger partial charge in [-0.05, 0) is 0 Å². The number of Topliss-reactive ketones (excluding diaryl/α,β-unsaturated/α-hetero) is 1. The number of ketones is 1. The predicted octanol–water partition coefficient (Wildman–Crippen LogP) is 2.41. The van der Waals surface area contributed by atoms with Gasteiger partial charge in [0, 0.05) is 0 Å². The summed E-state index contributed by atoms with van der Waals surface area (Å²) in [5.41, 5.74) is -1.80. The van der Waals surface area contributed by atoms with Crippen LogP contribution in [-0.2, 0) is 4.79 Å². The van der Waals surface area contributed by atoms with Gasteiger partial charge in [0.25, 0.3) is 0 Å². The van der Waals surface area contributed by atoms with Crippen LogP contribution in [0.1, 0.15) is 10.4 Å². The van der Waals surface area contributed by atoms with Crippen molar-refractivity contribution in [3.63, 3.8) is 0 Å². The van der Waals surface area contributed by atoms with Crippen LogP contribution in [0.4, 0.5) is 22.0 Å². The number of hydrogen-bond donors (Lipinski definition) is 1. The van der Waals surface area contributed by atoms with Gasteiger partial charge < -0.3 is 5.11 Å². The molecule has 0 radical (unpaired) electrons. The maximum Gasteiger partial charge on any atom is 0.325 e. The van der Waals surface area contributed by atoms with Crippen LogP contribution in [0.15, 0.2) is 0 Å². The SMILES string of the molecule is O=C(O)C(Br)C(=O)c1c(F)c(F)c(F)c(F)c1F. The smallest absolute Gasteiger partial charge is 0.325 e. The first-order valence-electron chi connectivity index (χ1n) is 4.12. The van der Waals surface area contributed by atoms with E-state index in [2.05, 4.69) is 15.9 Å². The van der Waals surface area contributed by atoms with E-state index in [4.69, 9.17) is 5.11 Å². The zero-order valence-electron chi connectivity index (χ0n) is 8.11. The van der Waals surface area contributed by atoms with Crippen LogP contribution >= 0.6 is 15.9 Å². The molecule has 0 spiro atoms. The Morgan fingerprint density at radius 1 is 0.889 bits per heavy atom. The molecule has 3 nitrogen and oxygen atoms in total. The van der Waals surface area contributed by atoms with E-state index in [0.717, 1.165) is 0 Å². The molecule has 0 aromatic heterocycles. The summed E-state index contributed by atoms with van der Waals surface area (Å²) in [7, 11) is 0. The van der Waals surface area contributed by atoms with Gasteiger partial charge in [-0.15, -0.1) is 0 Å². The number of carbonyl (C=O) groups is 2. The molecule has 1 aromatic carbocycles. The van der Waals surface area contributed by atoms with Crippen LogP contribution in [0.2, 0.25) is 0 Å². The first-order chi connectivity index (χ1) is 8.20. The maximum atomic E-state index is 13.1. The first-order valence-corrected chi connectivity index (χ1v) is 5.04. The molecular formula is C9H2BrF5O3. The minimum absolute atomic E-state index is 1.78. The lowest BCUT2D eigenvalue weighted by Gasteiger charge is -2.08. The fourth-order valence-corrected chi connectivity index (χ4v) is 1.29. The lowest BCUT2D eigenvalue weighted by atomic mass is 10.1. The highest BCUT2D eigenvalue weighted by molar-refractivity contribution is 9.10. The van der Waals surface area contributed by atoms with E-state index in [1.54, 1.807) is 0 Å². The number of rotatable bonds is 3. The zero-order valence-corrected chi connectivity index (χ0v) is 9.69. The van der Waals surface area contributed by atoms with Gasteiger partial charge in [-0.1, -0.05) is 15.9 Å². The molecule has 0 aliphatic carbocycles. The lowest BCUT2D eigenvalue weighted by molar-refractivity contribution is -0.135. The van der Waals surface area contributed by atoms with Crippen LogP contribution < -0.4 is 0 Å². The van der Waals surface area contributed by atoms with Gasteiger partial charge in [0.2, 0.25) is 5.82 Å². The van der Waals surface area contributed by atoms with Crippen LogP contribution in [0.5, 0.6) is 0 Å². The summed E-state index contributed by atoms with van der Waals surface area (Å²) < 4.78 is 64.4. The topological polar surface area (TPSA) is 54.4 Å². The summed E-state index contributed by atoms with van der Waals surface area (Å²) in [6, 6.07) is 0. The number of halogens is 6. The Kier molecular flexibility index (Phi) is 4.05. The molecule has 18 heavy (non-hydrogen) atoms. The van der Waals surface area contributed by atoms with Gasteiger partial charge in [0.15, 0.2) is 33.9 Å². The summed E-state index contributed by atoms with van der Waals surface area (Å²) in [6.45, 7) is 0. The van der Waals surface area contributed by atoms with Crippen molar-refractivity contribution in [2.75, 3.05) is 0 Å². The number of carboxylic acids is 1. The predicted molar refractivity (Wildman–Crippen MR) is 50.9 cm³/mol. The van der Waals surface area contributed by atoms with E-state index in [-0.39, 0.29) is 0 Å². The maximum absolute atomic E-state index is 13.1. The van der Waals surface area contributed by atoms with Gasteiger partial charge in [-0.3, -0.25) is 9.59 Å². The molecule has 0 bridgehead atoms. The molecule has 1 aromatic rings. The Labute approximate surface area is 104 Å². The Balaban J connectivity index is 3.52. The quantitative estimate of drug-likeness (QED) is 0.231. The average molecular weight is 333 g/mol. The third-order valence-corrected chi connectivity index (χ3v) is 2.71. The summed E-state index contributed by atoms with van der Waals surface area (Å²) >= 11 is 2.26. The molecule has 1 unspecified atom stereocenters. The fourth-order valence-electron chi connectivity index (χ4n) is 1.06. The third kappa shape index (κ3) is 2.22. The number of carboxylic acid groups (broad SMARTS) is 1. The highest BCUT2D eigenvalue weighted by Crippen LogP contribution is 2.25.